The van der Waals surface area contributed by atoms with E-state index in [2.05, 4.69) is 0 Å². The number of hydrogen-bond acceptors (Lipinski definition) is 5. The first-order valence-electron chi connectivity index (χ1n) is 8.86. The van der Waals surface area contributed by atoms with Gasteiger partial charge in [0.05, 0.1) is 20.1 Å². The van der Waals surface area contributed by atoms with Gasteiger partial charge in [-0.05, 0) is 38.0 Å². The first kappa shape index (κ1) is 21.2. The molecule has 148 valence electrons. The Morgan fingerprint density at radius 3 is 2.59 bits per heavy atom. The molecular weight excluding hydrogens is 364 g/mol. The van der Waals surface area contributed by atoms with Crippen LogP contribution in [0, 0.1) is 0 Å². The Morgan fingerprint density at radius 1 is 1.26 bits per heavy atom. The van der Waals surface area contributed by atoms with Crippen LogP contribution in [0.5, 0.6) is 11.5 Å². The molecule has 0 saturated carbocycles. The lowest BCUT2D eigenvalue weighted by Gasteiger charge is -2.27. The zero-order valence-electron chi connectivity index (χ0n) is 16.7. The first-order chi connectivity index (χ1) is 12.9. The third kappa shape index (κ3) is 5.42. The zero-order chi connectivity index (χ0) is 20.0. The molecule has 1 unspecified atom stereocenters. The number of methoxy groups -OCH3 is 2. The molecule has 6 nitrogen and oxygen atoms in total. The number of nitrogens with zero attached hydrogens (tertiary/aromatic N) is 2. The van der Waals surface area contributed by atoms with Gasteiger partial charge in [0.25, 0.3) is 0 Å². The number of carbonyl (C=O) groups excluding carboxylic acids is 2. The molecule has 27 heavy (non-hydrogen) atoms. The SMILES string of the molecule is COc1ccc(CCN(C)C(=O)C2CSCN2C(=O)C=C(C)C)cc1OC. The molecule has 2 amide bonds. The smallest absolute Gasteiger partial charge is 0.247 e. The standard InChI is InChI=1S/C20H28N2O4S/c1-14(2)10-19(23)22-13-27-12-16(22)20(24)21(3)9-8-15-6-7-17(25-4)18(11-15)26-5/h6-7,10-11,16H,8-9,12-13H2,1-5H3. The van der Waals surface area contributed by atoms with Crippen molar-refractivity contribution < 1.29 is 19.1 Å². The molecule has 0 aliphatic carbocycles. The lowest BCUT2D eigenvalue weighted by Crippen LogP contribution is -2.47. The molecule has 7 heteroatoms. The van der Waals surface area contributed by atoms with Crippen LogP contribution in [-0.4, -0.2) is 67.1 Å². The molecule has 0 radical (unpaired) electrons. The second-order valence-corrected chi connectivity index (χ2v) is 7.74. The van der Waals surface area contributed by atoms with Crippen molar-refractivity contribution in [2.24, 2.45) is 0 Å². The number of benzene rings is 1. The molecule has 1 saturated heterocycles. The molecule has 1 aromatic rings. The van der Waals surface area contributed by atoms with E-state index in [1.165, 1.54) is 0 Å². The Balaban J connectivity index is 1.99. The van der Waals surface area contributed by atoms with Gasteiger partial charge in [0.15, 0.2) is 11.5 Å². The fraction of sp³-hybridized carbons (Fsp3) is 0.500. The van der Waals surface area contributed by atoms with E-state index in [1.54, 1.807) is 48.9 Å². The molecule has 1 aromatic carbocycles. The quantitative estimate of drug-likeness (QED) is 0.668. The molecule has 1 fully saturated rings. The second-order valence-electron chi connectivity index (χ2n) is 6.74. The van der Waals surface area contributed by atoms with Crippen molar-refractivity contribution in [3.63, 3.8) is 0 Å². The number of ether oxygens (including phenoxy) is 2. The van der Waals surface area contributed by atoms with E-state index < -0.39 is 6.04 Å². The number of carbonyl (C=O) groups is 2. The molecule has 1 atom stereocenters. The predicted molar refractivity (Wildman–Crippen MR) is 108 cm³/mol. The normalized spacial score (nSPS) is 16.0. The monoisotopic (exact) mass is 392 g/mol. The fourth-order valence-electron chi connectivity index (χ4n) is 2.89. The van der Waals surface area contributed by atoms with Crippen LogP contribution in [0.2, 0.25) is 0 Å². The first-order valence-corrected chi connectivity index (χ1v) is 10.0. The number of likely N-dealkylation sites (N-methyl/N-ethyl adjacent to an activating group) is 1. The summed E-state index contributed by atoms with van der Waals surface area (Å²) in [5.74, 6) is 2.45. The minimum atomic E-state index is -0.395. The predicted octanol–water partition coefficient (Wildman–Crippen LogP) is 2.57. The van der Waals surface area contributed by atoms with Crippen LogP contribution in [0.1, 0.15) is 19.4 Å². The molecule has 1 aliphatic rings. The maximum atomic E-state index is 12.8. The van der Waals surface area contributed by atoms with Gasteiger partial charge in [-0.1, -0.05) is 11.6 Å². The summed E-state index contributed by atoms with van der Waals surface area (Å²) in [6.07, 6.45) is 2.29. The maximum Gasteiger partial charge on any atom is 0.247 e. The third-order valence-corrected chi connectivity index (χ3v) is 5.43. The molecule has 0 bridgehead atoms. The van der Waals surface area contributed by atoms with Crippen LogP contribution in [-0.2, 0) is 16.0 Å². The zero-order valence-corrected chi connectivity index (χ0v) is 17.5. The Bertz CT molecular complexity index is 716. The van der Waals surface area contributed by atoms with Crippen molar-refractivity contribution in [2.75, 3.05) is 39.4 Å². The van der Waals surface area contributed by atoms with Gasteiger partial charge in [0.2, 0.25) is 11.8 Å². The lowest BCUT2D eigenvalue weighted by molar-refractivity contribution is -0.140. The highest BCUT2D eigenvalue weighted by Crippen LogP contribution is 2.28. The van der Waals surface area contributed by atoms with Gasteiger partial charge < -0.3 is 19.3 Å². The number of hydrogen-bond donors (Lipinski definition) is 0. The average molecular weight is 393 g/mol. The van der Waals surface area contributed by atoms with E-state index in [9.17, 15) is 9.59 Å². The van der Waals surface area contributed by atoms with Crippen LogP contribution in [0.3, 0.4) is 0 Å². The summed E-state index contributed by atoms with van der Waals surface area (Å²) in [5.41, 5.74) is 2.00. The van der Waals surface area contributed by atoms with Gasteiger partial charge in [-0.25, -0.2) is 0 Å². The number of amides is 2. The van der Waals surface area contributed by atoms with Crippen LogP contribution >= 0.6 is 11.8 Å². The van der Waals surface area contributed by atoms with E-state index in [4.69, 9.17) is 9.47 Å². The van der Waals surface area contributed by atoms with Crippen LogP contribution in [0.25, 0.3) is 0 Å². The van der Waals surface area contributed by atoms with E-state index in [0.717, 1.165) is 11.1 Å². The average Bonchev–Trinajstić information content (AvgIpc) is 3.14. The van der Waals surface area contributed by atoms with Gasteiger partial charge in [-0.3, -0.25) is 9.59 Å². The number of rotatable bonds is 7. The van der Waals surface area contributed by atoms with Gasteiger partial charge in [0, 0.05) is 25.4 Å². The van der Waals surface area contributed by atoms with Crippen molar-refractivity contribution in [2.45, 2.75) is 26.3 Å². The van der Waals surface area contributed by atoms with Gasteiger partial charge >= 0.3 is 0 Å². The Hall–Kier alpha value is -2.15. The summed E-state index contributed by atoms with van der Waals surface area (Å²) >= 11 is 1.61. The number of allylic oxidation sites excluding steroid dienone is 1. The molecule has 0 spiro atoms. The number of thioether (sulfide) groups is 1. The van der Waals surface area contributed by atoms with Crippen LogP contribution in [0.4, 0.5) is 0 Å². The summed E-state index contributed by atoms with van der Waals surface area (Å²) in [6, 6.07) is 5.36. The summed E-state index contributed by atoms with van der Waals surface area (Å²) in [7, 11) is 4.99. The molecule has 2 rings (SSSR count). The van der Waals surface area contributed by atoms with Crippen molar-refractivity contribution in [3.05, 3.63) is 35.4 Å². The van der Waals surface area contributed by atoms with Crippen LogP contribution in [0.15, 0.2) is 29.8 Å². The highest BCUT2D eigenvalue weighted by molar-refractivity contribution is 7.99. The van der Waals surface area contributed by atoms with Crippen LogP contribution < -0.4 is 9.47 Å². The molecular formula is C20H28N2O4S. The summed E-state index contributed by atoms with van der Waals surface area (Å²) < 4.78 is 10.6. The minimum absolute atomic E-state index is 0.0176. The molecule has 1 heterocycles. The Morgan fingerprint density at radius 2 is 1.96 bits per heavy atom. The van der Waals surface area contributed by atoms with E-state index in [1.807, 2.05) is 32.0 Å². The third-order valence-electron chi connectivity index (χ3n) is 4.42. The Labute approximate surface area is 165 Å². The van der Waals surface area contributed by atoms with Gasteiger partial charge in [-0.15, -0.1) is 11.8 Å². The molecule has 0 N–H and O–H groups in total. The highest BCUT2D eigenvalue weighted by Gasteiger charge is 2.35. The van der Waals surface area contributed by atoms with Crippen molar-refractivity contribution in [3.8, 4) is 11.5 Å². The van der Waals surface area contributed by atoms with E-state index in [-0.39, 0.29) is 11.8 Å². The Kier molecular flexibility index (Phi) is 7.59. The topological polar surface area (TPSA) is 59.1 Å². The molecule has 1 aliphatic heterocycles. The highest BCUT2D eigenvalue weighted by atomic mass is 32.2. The second kappa shape index (κ2) is 9.69. The minimum Gasteiger partial charge on any atom is -0.493 e. The summed E-state index contributed by atoms with van der Waals surface area (Å²) in [5, 5.41) is 0. The fourth-order valence-corrected chi connectivity index (χ4v) is 4.05. The van der Waals surface area contributed by atoms with Crippen molar-refractivity contribution in [1.82, 2.24) is 9.80 Å². The summed E-state index contributed by atoms with van der Waals surface area (Å²) in [6.45, 7) is 4.33. The van der Waals surface area contributed by atoms with Crippen molar-refractivity contribution >= 4 is 23.6 Å². The maximum absolute atomic E-state index is 12.8. The van der Waals surface area contributed by atoms with E-state index >= 15 is 0 Å². The van der Waals surface area contributed by atoms with Crippen molar-refractivity contribution in [1.29, 1.82) is 0 Å². The lowest BCUT2D eigenvalue weighted by atomic mass is 10.1. The van der Waals surface area contributed by atoms with E-state index in [0.29, 0.717) is 36.1 Å². The van der Waals surface area contributed by atoms with Gasteiger partial charge in [0.1, 0.15) is 6.04 Å². The van der Waals surface area contributed by atoms with Gasteiger partial charge in [-0.2, -0.15) is 0 Å². The molecule has 0 aromatic heterocycles. The summed E-state index contributed by atoms with van der Waals surface area (Å²) in [4.78, 5) is 28.6. The largest absolute Gasteiger partial charge is 0.493 e.